The van der Waals surface area contributed by atoms with Crippen molar-refractivity contribution in [3.8, 4) is 0 Å². The monoisotopic (exact) mass is 417 g/mol. The summed E-state index contributed by atoms with van der Waals surface area (Å²) in [5.74, 6) is 0.902. The number of nitrogens with zero attached hydrogens (tertiary/aromatic N) is 3. The van der Waals surface area contributed by atoms with Crippen LogP contribution in [0.4, 0.5) is 16.6 Å². The number of benzene rings is 1. The molecule has 2 aromatic heterocycles. The van der Waals surface area contributed by atoms with E-state index in [-0.39, 0.29) is 11.2 Å². The van der Waals surface area contributed by atoms with Crippen LogP contribution in [-0.2, 0) is 17.6 Å². The second-order valence-corrected chi connectivity index (χ2v) is 8.79. The van der Waals surface area contributed by atoms with Gasteiger partial charge >= 0.3 is 0 Å². The van der Waals surface area contributed by atoms with Crippen LogP contribution in [-0.4, -0.2) is 26.5 Å². The van der Waals surface area contributed by atoms with Gasteiger partial charge in [0.2, 0.25) is 11.0 Å². The molecular formula is C19H23N5O2S2. The SMILES string of the molecule is CCc1cccc(CC)c1Nc1nnc(SC(C)C(=O)Nc2cc(C)on2)s1. The van der Waals surface area contributed by atoms with E-state index in [0.717, 1.165) is 28.0 Å². The quantitative estimate of drug-likeness (QED) is 0.507. The maximum Gasteiger partial charge on any atom is 0.238 e. The topological polar surface area (TPSA) is 92.9 Å². The first kappa shape index (κ1) is 20.3. The van der Waals surface area contributed by atoms with Gasteiger partial charge in [-0.25, -0.2) is 0 Å². The lowest BCUT2D eigenvalue weighted by molar-refractivity contribution is -0.115. The Morgan fingerprint density at radius 3 is 2.57 bits per heavy atom. The van der Waals surface area contributed by atoms with E-state index >= 15 is 0 Å². The van der Waals surface area contributed by atoms with Crippen molar-refractivity contribution in [3.05, 3.63) is 41.2 Å². The predicted octanol–water partition coefficient (Wildman–Crippen LogP) is 4.82. The van der Waals surface area contributed by atoms with Crippen molar-refractivity contribution in [2.75, 3.05) is 10.6 Å². The molecule has 0 bridgehead atoms. The van der Waals surface area contributed by atoms with Gasteiger partial charge in [0.15, 0.2) is 10.2 Å². The first-order valence-electron chi connectivity index (χ1n) is 9.12. The number of aryl methyl sites for hydroxylation is 3. The van der Waals surface area contributed by atoms with Crippen molar-refractivity contribution >= 4 is 45.6 Å². The molecule has 0 saturated carbocycles. The molecule has 148 valence electrons. The zero-order valence-electron chi connectivity index (χ0n) is 16.3. The highest BCUT2D eigenvalue weighted by Gasteiger charge is 2.19. The van der Waals surface area contributed by atoms with E-state index in [2.05, 4.69) is 58.0 Å². The molecule has 28 heavy (non-hydrogen) atoms. The van der Waals surface area contributed by atoms with E-state index in [4.69, 9.17) is 4.52 Å². The molecule has 3 rings (SSSR count). The van der Waals surface area contributed by atoms with Gasteiger partial charge in [-0.3, -0.25) is 4.79 Å². The Kier molecular flexibility index (Phi) is 6.69. The first-order valence-corrected chi connectivity index (χ1v) is 10.8. The fourth-order valence-electron chi connectivity index (χ4n) is 2.68. The standard InChI is InChI=1S/C19H23N5O2S2/c1-5-13-8-7-9-14(6-2)16(13)21-18-22-23-19(28-18)27-12(4)17(25)20-15-10-11(3)26-24-15/h7-10,12H,5-6H2,1-4H3,(H,21,22)(H,20,24,25). The summed E-state index contributed by atoms with van der Waals surface area (Å²) in [4.78, 5) is 12.3. The summed E-state index contributed by atoms with van der Waals surface area (Å²) in [6.07, 6.45) is 1.88. The Labute approximate surface area is 172 Å². The zero-order chi connectivity index (χ0) is 20.1. The number of nitrogens with one attached hydrogen (secondary N) is 2. The van der Waals surface area contributed by atoms with E-state index in [1.54, 1.807) is 13.0 Å². The predicted molar refractivity (Wildman–Crippen MR) is 114 cm³/mol. The number of carbonyl (C=O) groups excluding carboxylic acids is 1. The summed E-state index contributed by atoms with van der Waals surface area (Å²) in [7, 11) is 0. The molecule has 2 heterocycles. The summed E-state index contributed by atoms with van der Waals surface area (Å²) in [6.45, 7) is 7.87. The van der Waals surface area contributed by atoms with Gasteiger partial charge in [0.1, 0.15) is 5.76 Å². The summed E-state index contributed by atoms with van der Waals surface area (Å²) in [6, 6.07) is 8.01. The molecule has 0 aliphatic rings. The number of anilines is 3. The van der Waals surface area contributed by atoms with Gasteiger partial charge in [-0.05, 0) is 37.8 Å². The number of rotatable bonds is 8. The van der Waals surface area contributed by atoms with Gasteiger partial charge in [0.05, 0.1) is 5.25 Å². The first-order chi connectivity index (χ1) is 13.5. The fourth-order valence-corrected chi connectivity index (χ4v) is 4.58. The molecule has 0 spiro atoms. The number of hydrogen-bond acceptors (Lipinski definition) is 8. The second kappa shape index (κ2) is 9.20. The molecule has 0 fully saturated rings. The van der Waals surface area contributed by atoms with Crippen LogP contribution in [0.15, 0.2) is 33.1 Å². The van der Waals surface area contributed by atoms with Crippen LogP contribution in [0, 0.1) is 6.92 Å². The highest BCUT2D eigenvalue weighted by atomic mass is 32.2. The molecule has 1 atom stereocenters. The molecule has 0 saturated heterocycles. The molecule has 2 N–H and O–H groups in total. The molecular weight excluding hydrogens is 394 g/mol. The van der Waals surface area contributed by atoms with E-state index in [9.17, 15) is 4.79 Å². The van der Waals surface area contributed by atoms with Gasteiger partial charge in [0.25, 0.3) is 0 Å². The highest BCUT2D eigenvalue weighted by Crippen LogP contribution is 2.33. The number of aromatic nitrogens is 3. The third kappa shape index (κ3) is 4.90. The van der Waals surface area contributed by atoms with Gasteiger partial charge in [0, 0.05) is 11.8 Å². The van der Waals surface area contributed by atoms with Crippen LogP contribution in [0.1, 0.15) is 37.7 Å². The summed E-state index contributed by atoms with van der Waals surface area (Å²) in [5, 5.41) is 18.8. The molecule has 3 aromatic rings. The largest absolute Gasteiger partial charge is 0.360 e. The maximum atomic E-state index is 12.3. The van der Waals surface area contributed by atoms with Crippen molar-refractivity contribution in [1.29, 1.82) is 0 Å². The summed E-state index contributed by atoms with van der Waals surface area (Å²) >= 11 is 2.80. The van der Waals surface area contributed by atoms with Gasteiger partial charge in [-0.15, -0.1) is 10.2 Å². The number of carbonyl (C=O) groups is 1. The van der Waals surface area contributed by atoms with Crippen molar-refractivity contribution in [2.24, 2.45) is 0 Å². The minimum atomic E-state index is -0.341. The molecule has 0 radical (unpaired) electrons. The molecule has 9 heteroatoms. The van der Waals surface area contributed by atoms with Crippen LogP contribution in [0.3, 0.4) is 0 Å². The zero-order valence-corrected chi connectivity index (χ0v) is 17.9. The van der Waals surface area contributed by atoms with E-state index in [1.807, 2.05) is 6.92 Å². The average Bonchev–Trinajstić information content (AvgIpc) is 3.30. The Morgan fingerprint density at radius 1 is 1.25 bits per heavy atom. The van der Waals surface area contributed by atoms with E-state index in [0.29, 0.717) is 11.6 Å². The Hall–Kier alpha value is -2.39. The van der Waals surface area contributed by atoms with Gasteiger partial charge in [-0.1, -0.05) is 60.3 Å². The fraction of sp³-hybridized carbons (Fsp3) is 0.368. The summed E-state index contributed by atoms with van der Waals surface area (Å²) in [5.41, 5.74) is 3.60. The lowest BCUT2D eigenvalue weighted by atomic mass is 10.0. The maximum absolute atomic E-state index is 12.3. The Morgan fingerprint density at radius 2 is 1.96 bits per heavy atom. The molecule has 1 aromatic carbocycles. The van der Waals surface area contributed by atoms with Crippen molar-refractivity contribution in [3.63, 3.8) is 0 Å². The smallest absolute Gasteiger partial charge is 0.238 e. The van der Waals surface area contributed by atoms with Crippen molar-refractivity contribution < 1.29 is 9.32 Å². The van der Waals surface area contributed by atoms with E-state index in [1.165, 1.54) is 34.2 Å². The number of thioether (sulfide) groups is 1. The van der Waals surface area contributed by atoms with Crippen LogP contribution in [0.25, 0.3) is 0 Å². The number of para-hydroxylation sites is 1. The van der Waals surface area contributed by atoms with Crippen LogP contribution in [0.2, 0.25) is 0 Å². The molecule has 1 unspecified atom stereocenters. The molecule has 1 amide bonds. The van der Waals surface area contributed by atoms with E-state index < -0.39 is 0 Å². The van der Waals surface area contributed by atoms with Gasteiger partial charge in [-0.2, -0.15) is 0 Å². The minimum Gasteiger partial charge on any atom is -0.360 e. The lowest BCUT2D eigenvalue weighted by Crippen LogP contribution is -2.22. The van der Waals surface area contributed by atoms with Crippen molar-refractivity contribution in [1.82, 2.24) is 15.4 Å². The minimum absolute atomic E-state index is 0.160. The number of amides is 1. The third-order valence-corrected chi connectivity index (χ3v) is 6.19. The Balaban J connectivity index is 1.65. The van der Waals surface area contributed by atoms with Crippen LogP contribution in [0.5, 0.6) is 0 Å². The molecule has 0 aliphatic carbocycles. The third-order valence-electron chi connectivity index (χ3n) is 4.16. The molecule has 7 nitrogen and oxygen atoms in total. The van der Waals surface area contributed by atoms with Crippen molar-refractivity contribution in [2.45, 2.75) is 50.1 Å². The lowest BCUT2D eigenvalue weighted by Gasteiger charge is -2.13. The second-order valence-electron chi connectivity index (χ2n) is 6.23. The van der Waals surface area contributed by atoms with Crippen LogP contribution < -0.4 is 10.6 Å². The van der Waals surface area contributed by atoms with Gasteiger partial charge < -0.3 is 15.2 Å². The summed E-state index contributed by atoms with van der Waals surface area (Å²) < 4.78 is 5.69. The molecule has 0 aliphatic heterocycles. The van der Waals surface area contributed by atoms with Crippen LogP contribution >= 0.6 is 23.1 Å². The highest BCUT2D eigenvalue weighted by molar-refractivity contribution is 8.02. The normalized spacial score (nSPS) is 12.0. The Bertz CT molecular complexity index is 931. The number of hydrogen-bond donors (Lipinski definition) is 2. The average molecular weight is 418 g/mol.